The molecule has 2 saturated heterocycles. The number of likely N-dealkylation sites (tertiary alicyclic amines) is 1. The Bertz CT molecular complexity index is 702. The summed E-state index contributed by atoms with van der Waals surface area (Å²) in [5.41, 5.74) is 1.35. The molecule has 0 bridgehead atoms. The summed E-state index contributed by atoms with van der Waals surface area (Å²) in [6.45, 7) is 7.27. The zero-order valence-electron chi connectivity index (χ0n) is 15.5. The Balaban J connectivity index is 1.34. The van der Waals surface area contributed by atoms with E-state index in [1.807, 2.05) is 12.1 Å². The number of nitrogens with one attached hydrogen (secondary N) is 4. The van der Waals surface area contributed by atoms with Crippen LogP contribution in [0.1, 0.15) is 23.2 Å². The average Bonchev–Trinajstić information content (AvgIpc) is 3.22. The predicted octanol–water partition coefficient (Wildman–Crippen LogP) is -1.62. The molecule has 1 aromatic rings. The lowest BCUT2D eigenvalue weighted by molar-refractivity contribution is -0.906. The van der Waals surface area contributed by atoms with E-state index >= 15 is 0 Å². The number of morpholine rings is 1. The molecule has 3 aliphatic rings. The van der Waals surface area contributed by atoms with Crippen molar-refractivity contribution in [3.63, 3.8) is 0 Å². The highest BCUT2D eigenvalue weighted by Gasteiger charge is 2.37. The third-order valence-electron chi connectivity index (χ3n) is 5.56. The molecule has 4 N–H and O–H groups in total. The van der Waals surface area contributed by atoms with Gasteiger partial charge in [0.2, 0.25) is 5.37 Å². The Morgan fingerprint density at radius 1 is 1.22 bits per heavy atom. The molecule has 0 aromatic heterocycles. The zero-order chi connectivity index (χ0) is 18.6. The average molecular weight is 393 g/mol. The van der Waals surface area contributed by atoms with Gasteiger partial charge in [0.05, 0.1) is 45.1 Å². The predicted molar refractivity (Wildman–Crippen MR) is 103 cm³/mol. The highest BCUT2D eigenvalue weighted by Crippen LogP contribution is 2.34. The van der Waals surface area contributed by atoms with Crippen LogP contribution < -0.4 is 20.4 Å². The van der Waals surface area contributed by atoms with Gasteiger partial charge in [-0.3, -0.25) is 9.59 Å². The number of amides is 2. The van der Waals surface area contributed by atoms with Crippen LogP contribution in [0.2, 0.25) is 0 Å². The molecule has 0 spiro atoms. The quantitative estimate of drug-likeness (QED) is 0.486. The van der Waals surface area contributed by atoms with Crippen LogP contribution in [0.3, 0.4) is 0 Å². The molecule has 0 saturated carbocycles. The maximum atomic E-state index is 12.5. The maximum Gasteiger partial charge on any atom is 0.294 e. The molecule has 2 fully saturated rings. The summed E-state index contributed by atoms with van der Waals surface area (Å²) in [6, 6.07) is 5.62. The Labute approximate surface area is 163 Å². The van der Waals surface area contributed by atoms with E-state index in [2.05, 4.69) is 10.6 Å². The van der Waals surface area contributed by atoms with E-state index in [-0.39, 0.29) is 17.2 Å². The zero-order valence-corrected chi connectivity index (χ0v) is 16.3. The van der Waals surface area contributed by atoms with Crippen molar-refractivity contribution in [2.45, 2.75) is 23.1 Å². The second-order valence-electron chi connectivity index (χ2n) is 7.43. The second kappa shape index (κ2) is 8.60. The summed E-state index contributed by atoms with van der Waals surface area (Å²) in [5.74, 6) is -0.0325. The fraction of sp³-hybridized carbons (Fsp3) is 0.579. The number of rotatable bonds is 5. The van der Waals surface area contributed by atoms with Gasteiger partial charge in [0.15, 0.2) is 0 Å². The Kier molecular flexibility index (Phi) is 5.97. The Morgan fingerprint density at radius 3 is 2.78 bits per heavy atom. The number of ether oxygens (including phenoxy) is 1. The van der Waals surface area contributed by atoms with Gasteiger partial charge in [-0.05, 0) is 18.2 Å². The van der Waals surface area contributed by atoms with Crippen LogP contribution in [-0.2, 0) is 9.53 Å². The van der Waals surface area contributed by atoms with Crippen molar-refractivity contribution in [3.05, 3.63) is 23.8 Å². The summed E-state index contributed by atoms with van der Waals surface area (Å²) in [4.78, 5) is 28.8. The van der Waals surface area contributed by atoms with Crippen molar-refractivity contribution in [2.24, 2.45) is 0 Å². The van der Waals surface area contributed by atoms with Gasteiger partial charge < -0.3 is 25.2 Å². The highest BCUT2D eigenvalue weighted by molar-refractivity contribution is 8.00. The van der Waals surface area contributed by atoms with E-state index in [0.717, 1.165) is 56.5 Å². The number of carbonyl (C=O) groups excluding carboxylic acids is 2. The van der Waals surface area contributed by atoms with Crippen molar-refractivity contribution < 1.29 is 24.1 Å². The summed E-state index contributed by atoms with van der Waals surface area (Å²) < 4.78 is 5.35. The van der Waals surface area contributed by atoms with Gasteiger partial charge >= 0.3 is 0 Å². The van der Waals surface area contributed by atoms with E-state index in [4.69, 9.17) is 4.74 Å². The monoisotopic (exact) mass is 392 g/mol. The van der Waals surface area contributed by atoms with Gasteiger partial charge in [-0.2, -0.15) is 0 Å². The van der Waals surface area contributed by atoms with Crippen LogP contribution >= 0.6 is 11.8 Å². The van der Waals surface area contributed by atoms with Gasteiger partial charge in [0.1, 0.15) is 13.1 Å². The first-order valence-corrected chi connectivity index (χ1v) is 10.7. The number of carbonyl (C=O) groups is 2. The summed E-state index contributed by atoms with van der Waals surface area (Å²) >= 11 is 1.62. The fourth-order valence-electron chi connectivity index (χ4n) is 3.98. The van der Waals surface area contributed by atoms with Gasteiger partial charge in [-0.1, -0.05) is 11.8 Å². The van der Waals surface area contributed by atoms with Crippen LogP contribution in [0.15, 0.2) is 23.1 Å². The van der Waals surface area contributed by atoms with Gasteiger partial charge in [0, 0.05) is 23.3 Å². The van der Waals surface area contributed by atoms with Crippen molar-refractivity contribution in [3.8, 4) is 0 Å². The second-order valence-corrected chi connectivity index (χ2v) is 8.58. The molecule has 3 aliphatic heterocycles. The van der Waals surface area contributed by atoms with E-state index in [9.17, 15) is 9.59 Å². The largest absolute Gasteiger partial charge is 0.370 e. The standard InChI is InChI=1S/C19H26N4O3S/c24-17(20-5-8-22-9-11-26-12-10-22)14-3-4-16-15(13-14)21-18(25)19(27-16)23-6-1-2-7-23/h3-4,13,19H,1-2,5-12H2,(H,20,24)(H,21,25)/p+2. The minimum Gasteiger partial charge on any atom is -0.370 e. The first-order chi connectivity index (χ1) is 13.2. The number of quaternary nitrogens is 2. The SMILES string of the molecule is O=C(NCC[NH+]1CCOCC1)c1ccc2c(c1)NC(=O)C([NH+]1CCCC1)S2. The smallest absolute Gasteiger partial charge is 0.294 e. The molecule has 3 heterocycles. The van der Waals surface area contributed by atoms with Crippen molar-refractivity contribution in [1.82, 2.24) is 5.32 Å². The molecule has 7 nitrogen and oxygen atoms in total. The van der Waals surface area contributed by atoms with E-state index in [1.54, 1.807) is 17.8 Å². The fourth-order valence-corrected chi connectivity index (χ4v) is 5.18. The third kappa shape index (κ3) is 4.45. The number of fused-ring (bicyclic) bond motifs is 1. The number of hydrogen-bond donors (Lipinski definition) is 4. The summed E-state index contributed by atoms with van der Waals surface area (Å²) in [6.07, 6.45) is 2.38. The highest BCUT2D eigenvalue weighted by atomic mass is 32.2. The molecular weight excluding hydrogens is 364 g/mol. The molecule has 0 radical (unpaired) electrons. The van der Waals surface area contributed by atoms with Crippen LogP contribution in [0, 0.1) is 0 Å². The lowest BCUT2D eigenvalue weighted by Gasteiger charge is -2.28. The van der Waals surface area contributed by atoms with Gasteiger partial charge in [-0.15, -0.1) is 0 Å². The van der Waals surface area contributed by atoms with Crippen LogP contribution in [0.25, 0.3) is 0 Å². The first-order valence-electron chi connectivity index (χ1n) is 9.86. The van der Waals surface area contributed by atoms with Gasteiger partial charge in [-0.25, -0.2) is 0 Å². The lowest BCUT2D eigenvalue weighted by Crippen LogP contribution is -3.14. The van der Waals surface area contributed by atoms with Gasteiger partial charge in [0.25, 0.3) is 11.8 Å². The lowest BCUT2D eigenvalue weighted by atomic mass is 10.2. The first kappa shape index (κ1) is 18.7. The number of anilines is 1. The van der Waals surface area contributed by atoms with E-state index < -0.39 is 0 Å². The van der Waals surface area contributed by atoms with Crippen LogP contribution in [0.4, 0.5) is 5.69 Å². The normalized spacial score (nSPS) is 23.7. The minimum absolute atomic E-state index is 0.0536. The molecule has 146 valence electrons. The number of benzene rings is 1. The summed E-state index contributed by atoms with van der Waals surface area (Å²) in [5, 5.41) is 5.93. The molecule has 1 unspecified atom stereocenters. The number of thioether (sulfide) groups is 1. The topological polar surface area (TPSA) is 76.3 Å². The van der Waals surface area contributed by atoms with Crippen molar-refractivity contribution >= 4 is 29.3 Å². The Morgan fingerprint density at radius 2 is 2.00 bits per heavy atom. The molecule has 2 amide bonds. The Hall–Kier alpha value is -1.61. The third-order valence-corrected chi connectivity index (χ3v) is 6.96. The van der Waals surface area contributed by atoms with E-state index in [1.165, 1.54) is 22.6 Å². The number of hydrogen-bond acceptors (Lipinski definition) is 4. The molecule has 8 heteroatoms. The molecule has 0 aliphatic carbocycles. The molecule has 4 rings (SSSR count). The molecule has 1 atom stereocenters. The molecular formula is C19H28N4O3S+2. The minimum atomic E-state index is -0.0861. The van der Waals surface area contributed by atoms with E-state index in [0.29, 0.717) is 12.1 Å². The summed E-state index contributed by atoms with van der Waals surface area (Å²) in [7, 11) is 0. The molecule has 1 aromatic carbocycles. The van der Waals surface area contributed by atoms with Crippen molar-refractivity contribution in [2.75, 3.05) is 57.8 Å². The van der Waals surface area contributed by atoms with Crippen LogP contribution in [0.5, 0.6) is 0 Å². The molecule has 27 heavy (non-hydrogen) atoms. The maximum absolute atomic E-state index is 12.5. The van der Waals surface area contributed by atoms with Crippen LogP contribution in [-0.4, -0.2) is 69.7 Å². The van der Waals surface area contributed by atoms with Crippen molar-refractivity contribution in [1.29, 1.82) is 0 Å².